The number of halogens is 1. The van der Waals surface area contributed by atoms with Gasteiger partial charge < -0.3 is 14.6 Å². The zero-order chi connectivity index (χ0) is 26.9. The maximum atomic E-state index is 11.6. The van der Waals surface area contributed by atoms with Crippen LogP contribution in [0.25, 0.3) is 22.0 Å². The number of rotatable bonds is 11. The van der Waals surface area contributed by atoms with Crippen LogP contribution in [0.1, 0.15) is 49.4 Å². The van der Waals surface area contributed by atoms with Crippen LogP contribution < -0.4 is 4.74 Å². The molecule has 2 aromatic heterocycles. The Morgan fingerprint density at radius 2 is 1.76 bits per heavy atom. The number of benzene rings is 2. The van der Waals surface area contributed by atoms with Crippen molar-refractivity contribution in [2.24, 2.45) is 0 Å². The van der Waals surface area contributed by atoms with E-state index in [-0.39, 0.29) is 5.91 Å². The van der Waals surface area contributed by atoms with Crippen LogP contribution in [0, 0.1) is 0 Å². The van der Waals surface area contributed by atoms with Crippen LogP contribution in [0.4, 0.5) is 0 Å². The van der Waals surface area contributed by atoms with Gasteiger partial charge in [-0.05, 0) is 55.0 Å². The first-order valence-corrected chi connectivity index (χ1v) is 13.4. The van der Waals surface area contributed by atoms with Crippen molar-refractivity contribution in [3.05, 3.63) is 107 Å². The SMILES string of the molecule is CC/C(=C(/c1ccc(OCCCC/C=C/C(=O)N(C)C)nc1)c1[nH]c2ccccc2c1Cl)c1ccccc1. The van der Waals surface area contributed by atoms with Gasteiger partial charge in [-0.25, -0.2) is 4.98 Å². The van der Waals surface area contributed by atoms with Gasteiger partial charge in [0.05, 0.1) is 17.3 Å². The zero-order valence-electron chi connectivity index (χ0n) is 22.2. The van der Waals surface area contributed by atoms with Gasteiger partial charge >= 0.3 is 0 Å². The highest BCUT2D eigenvalue weighted by Gasteiger charge is 2.19. The summed E-state index contributed by atoms with van der Waals surface area (Å²) in [5.74, 6) is 0.595. The van der Waals surface area contributed by atoms with Crippen LogP contribution in [0.2, 0.25) is 5.02 Å². The number of pyridine rings is 1. The molecule has 6 heteroatoms. The fraction of sp³-hybridized carbons (Fsp3) is 0.250. The van der Waals surface area contributed by atoms with Crippen molar-refractivity contribution in [3.8, 4) is 5.88 Å². The number of nitrogens with zero attached hydrogens (tertiary/aromatic N) is 2. The van der Waals surface area contributed by atoms with Gasteiger partial charge in [-0.15, -0.1) is 0 Å². The lowest BCUT2D eigenvalue weighted by atomic mass is 9.91. The molecule has 4 aromatic rings. The van der Waals surface area contributed by atoms with Gasteiger partial charge in [0.2, 0.25) is 11.8 Å². The molecule has 0 bridgehead atoms. The topological polar surface area (TPSA) is 58.2 Å². The standard InChI is InChI=1S/C32H34ClN3O2/c1-4-25(23-14-8-7-9-15-23)30(32-31(33)26-16-11-12-17-27(26)35-32)24-19-20-28(34-22-24)38-21-13-6-5-10-18-29(37)36(2)3/h7-12,14-20,22,35H,4-6,13,21H2,1-3H3/b18-10+,30-25+. The summed E-state index contributed by atoms with van der Waals surface area (Å²) in [7, 11) is 3.49. The van der Waals surface area contributed by atoms with Gasteiger partial charge in [0.1, 0.15) is 0 Å². The second kappa shape index (κ2) is 13.1. The Morgan fingerprint density at radius 3 is 2.45 bits per heavy atom. The number of hydrogen-bond acceptors (Lipinski definition) is 3. The highest BCUT2D eigenvalue weighted by molar-refractivity contribution is 6.38. The number of likely N-dealkylation sites (N-methyl/N-ethyl adjacent to an activating group) is 1. The van der Waals surface area contributed by atoms with Crippen LogP contribution in [-0.2, 0) is 4.79 Å². The number of allylic oxidation sites excluding steroid dienone is 2. The number of fused-ring (bicyclic) bond motifs is 1. The molecule has 2 heterocycles. The van der Waals surface area contributed by atoms with Gasteiger partial charge in [0.15, 0.2) is 0 Å². The Hall–Kier alpha value is -3.83. The molecular formula is C32H34ClN3O2. The van der Waals surface area contributed by atoms with Gasteiger partial charge in [0.25, 0.3) is 0 Å². The molecule has 196 valence electrons. The minimum Gasteiger partial charge on any atom is -0.478 e. The molecule has 0 aliphatic rings. The lowest BCUT2D eigenvalue weighted by Gasteiger charge is -2.16. The number of carbonyl (C=O) groups is 1. The van der Waals surface area contributed by atoms with E-state index in [0.717, 1.165) is 59.0 Å². The number of nitrogens with one attached hydrogen (secondary N) is 1. The van der Waals surface area contributed by atoms with E-state index in [1.807, 2.05) is 54.7 Å². The molecule has 1 N–H and O–H groups in total. The van der Waals surface area contributed by atoms with E-state index in [1.165, 1.54) is 5.57 Å². The fourth-order valence-corrected chi connectivity index (χ4v) is 4.71. The van der Waals surface area contributed by atoms with Gasteiger partial charge in [-0.3, -0.25) is 4.79 Å². The number of aromatic nitrogens is 2. The Labute approximate surface area is 229 Å². The molecule has 0 unspecified atom stereocenters. The van der Waals surface area contributed by atoms with Crippen molar-refractivity contribution < 1.29 is 9.53 Å². The predicted octanol–water partition coefficient (Wildman–Crippen LogP) is 7.78. The first kappa shape index (κ1) is 27.2. The molecule has 1 amide bonds. The second-order valence-electron chi connectivity index (χ2n) is 9.30. The van der Waals surface area contributed by atoms with Crippen molar-refractivity contribution in [2.75, 3.05) is 20.7 Å². The average molecular weight is 528 g/mol. The number of carbonyl (C=O) groups excluding carboxylic acids is 1. The van der Waals surface area contributed by atoms with Crippen molar-refractivity contribution in [1.82, 2.24) is 14.9 Å². The molecule has 0 aliphatic heterocycles. The Morgan fingerprint density at radius 1 is 1.00 bits per heavy atom. The lowest BCUT2D eigenvalue weighted by Crippen LogP contribution is -2.18. The number of para-hydroxylation sites is 1. The highest BCUT2D eigenvalue weighted by atomic mass is 35.5. The summed E-state index contributed by atoms with van der Waals surface area (Å²) >= 11 is 6.94. The number of unbranched alkanes of at least 4 members (excludes halogenated alkanes) is 2. The zero-order valence-corrected chi connectivity index (χ0v) is 23.0. The summed E-state index contributed by atoms with van der Waals surface area (Å²) in [6, 6.07) is 22.5. The Balaban J connectivity index is 1.54. The quantitative estimate of drug-likeness (QED) is 0.160. The number of ether oxygens (including phenoxy) is 1. The van der Waals surface area contributed by atoms with E-state index in [9.17, 15) is 4.79 Å². The maximum Gasteiger partial charge on any atom is 0.245 e. The van der Waals surface area contributed by atoms with E-state index in [1.54, 1.807) is 25.1 Å². The fourth-order valence-electron chi connectivity index (χ4n) is 4.40. The summed E-state index contributed by atoms with van der Waals surface area (Å²) in [6.45, 7) is 2.73. The van der Waals surface area contributed by atoms with E-state index < -0.39 is 0 Å². The third-order valence-electron chi connectivity index (χ3n) is 6.41. The predicted molar refractivity (Wildman–Crippen MR) is 157 cm³/mol. The molecule has 0 saturated carbocycles. The van der Waals surface area contributed by atoms with Crippen LogP contribution in [0.5, 0.6) is 5.88 Å². The summed E-state index contributed by atoms with van der Waals surface area (Å²) in [5, 5.41) is 1.71. The molecule has 38 heavy (non-hydrogen) atoms. The molecule has 4 rings (SSSR count). The number of aromatic amines is 1. The van der Waals surface area contributed by atoms with Crippen LogP contribution in [0.15, 0.2) is 85.1 Å². The molecule has 0 aliphatic carbocycles. The molecule has 0 radical (unpaired) electrons. The molecule has 0 atom stereocenters. The molecule has 0 saturated heterocycles. The number of hydrogen-bond donors (Lipinski definition) is 1. The second-order valence-corrected chi connectivity index (χ2v) is 9.68. The molecule has 2 aromatic carbocycles. The highest BCUT2D eigenvalue weighted by Crippen LogP contribution is 2.40. The summed E-state index contributed by atoms with van der Waals surface area (Å²) in [6.07, 6.45) is 8.89. The summed E-state index contributed by atoms with van der Waals surface area (Å²) in [5.41, 5.74) is 6.25. The van der Waals surface area contributed by atoms with Crippen molar-refractivity contribution in [2.45, 2.75) is 32.6 Å². The summed E-state index contributed by atoms with van der Waals surface area (Å²) < 4.78 is 5.90. The minimum absolute atomic E-state index is 0.00573. The van der Waals surface area contributed by atoms with Crippen molar-refractivity contribution in [1.29, 1.82) is 0 Å². The van der Waals surface area contributed by atoms with E-state index in [0.29, 0.717) is 17.5 Å². The third kappa shape index (κ3) is 6.53. The minimum atomic E-state index is 0.00573. The van der Waals surface area contributed by atoms with Gasteiger partial charge in [-0.2, -0.15) is 0 Å². The van der Waals surface area contributed by atoms with Gasteiger partial charge in [-0.1, -0.05) is 73.1 Å². The van der Waals surface area contributed by atoms with Crippen LogP contribution in [0.3, 0.4) is 0 Å². The first-order valence-electron chi connectivity index (χ1n) is 13.0. The Bertz CT molecular complexity index is 1420. The number of H-pyrrole nitrogens is 1. The van der Waals surface area contributed by atoms with Crippen LogP contribution in [-0.4, -0.2) is 41.5 Å². The van der Waals surface area contributed by atoms with Crippen LogP contribution >= 0.6 is 11.6 Å². The lowest BCUT2D eigenvalue weighted by molar-refractivity contribution is -0.123. The first-order chi connectivity index (χ1) is 18.5. The Kier molecular flexibility index (Phi) is 9.39. The maximum absolute atomic E-state index is 11.6. The monoisotopic (exact) mass is 527 g/mol. The van der Waals surface area contributed by atoms with E-state index in [2.05, 4.69) is 41.2 Å². The molecular weight excluding hydrogens is 494 g/mol. The normalized spacial score (nSPS) is 12.1. The van der Waals surface area contributed by atoms with E-state index in [4.69, 9.17) is 16.3 Å². The van der Waals surface area contributed by atoms with Crippen molar-refractivity contribution in [3.63, 3.8) is 0 Å². The average Bonchev–Trinajstić information content (AvgIpc) is 3.27. The number of amides is 1. The smallest absolute Gasteiger partial charge is 0.245 e. The summed E-state index contributed by atoms with van der Waals surface area (Å²) in [4.78, 5) is 21.3. The molecule has 0 spiro atoms. The largest absolute Gasteiger partial charge is 0.478 e. The van der Waals surface area contributed by atoms with Gasteiger partial charge in [0, 0.05) is 48.4 Å². The van der Waals surface area contributed by atoms with Crippen molar-refractivity contribution >= 4 is 39.6 Å². The van der Waals surface area contributed by atoms with E-state index >= 15 is 0 Å². The third-order valence-corrected chi connectivity index (χ3v) is 6.80. The molecule has 5 nitrogen and oxygen atoms in total. The molecule has 0 fully saturated rings.